The van der Waals surface area contributed by atoms with Crippen molar-refractivity contribution in [1.29, 1.82) is 0 Å². The first-order valence-electron chi connectivity index (χ1n) is 4.46. The predicted molar refractivity (Wildman–Crippen MR) is 63.4 cm³/mol. The van der Waals surface area contributed by atoms with Gasteiger partial charge in [0.15, 0.2) is 0 Å². The van der Waals surface area contributed by atoms with E-state index in [0.717, 1.165) is 15.6 Å². The average molecular weight is 265 g/mol. The van der Waals surface area contributed by atoms with Crippen LogP contribution in [0.15, 0.2) is 0 Å². The summed E-state index contributed by atoms with van der Waals surface area (Å²) in [4.78, 5) is 0. The molecular weight excluding hydrogens is 250 g/mol. The highest BCUT2D eigenvalue weighted by Crippen LogP contribution is 2.24. The summed E-state index contributed by atoms with van der Waals surface area (Å²) >= 11 is 1.12. The molecule has 0 saturated carbocycles. The van der Waals surface area contributed by atoms with E-state index in [1.165, 1.54) is 14.1 Å². The van der Waals surface area contributed by atoms with Gasteiger partial charge in [-0.05, 0) is 13.8 Å². The number of hydrogen-bond donors (Lipinski definition) is 2. The van der Waals surface area contributed by atoms with Crippen LogP contribution in [0, 0.1) is 0 Å². The normalized spacial score (nSPS) is 13.1. The lowest BCUT2D eigenvalue weighted by molar-refractivity contribution is 0.526. The Bertz CT molecular complexity index is 459. The Morgan fingerprint density at radius 1 is 1.38 bits per heavy atom. The molecule has 0 bridgehead atoms. The summed E-state index contributed by atoms with van der Waals surface area (Å²) in [5.74, 6) is 0. The highest BCUT2D eigenvalue weighted by Gasteiger charge is 2.22. The molecule has 0 aliphatic rings. The Labute approximate surface area is 98.8 Å². The Balaban J connectivity index is 2.90. The number of aromatic nitrogens is 2. The monoisotopic (exact) mass is 265 g/mol. The summed E-state index contributed by atoms with van der Waals surface area (Å²) in [6, 6.07) is 0. The first kappa shape index (κ1) is 13.3. The molecule has 16 heavy (non-hydrogen) atoms. The van der Waals surface area contributed by atoms with Gasteiger partial charge in [0.2, 0.25) is 5.13 Å². The van der Waals surface area contributed by atoms with Crippen LogP contribution in [0.2, 0.25) is 0 Å². The van der Waals surface area contributed by atoms with Crippen LogP contribution in [0.4, 0.5) is 5.13 Å². The third kappa shape index (κ3) is 3.11. The van der Waals surface area contributed by atoms with Crippen LogP contribution in [-0.4, -0.2) is 37.0 Å². The Hall–Kier alpha value is -0.770. The fraction of sp³-hybridized carbons (Fsp3) is 0.714. The van der Waals surface area contributed by atoms with Gasteiger partial charge in [-0.2, -0.15) is 12.7 Å². The van der Waals surface area contributed by atoms with Gasteiger partial charge in [-0.3, -0.25) is 0 Å². The van der Waals surface area contributed by atoms with Crippen molar-refractivity contribution < 1.29 is 8.42 Å². The van der Waals surface area contributed by atoms with Crippen molar-refractivity contribution in [2.24, 2.45) is 5.73 Å². The van der Waals surface area contributed by atoms with Crippen molar-refractivity contribution in [3.63, 3.8) is 0 Å². The second-order valence-corrected chi connectivity index (χ2v) is 6.89. The van der Waals surface area contributed by atoms with E-state index in [1.54, 1.807) is 13.8 Å². The summed E-state index contributed by atoms with van der Waals surface area (Å²) in [7, 11) is -0.678. The van der Waals surface area contributed by atoms with Crippen molar-refractivity contribution in [1.82, 2.24) is 14.5 Å². The lowest BCUT2D eigenvalue weighted by atomic mass is 10.1. The lowest BCUT2D eigenvalue weighted by Crippen LogP contribution is -2.29. The van der Waals surface area contributed by atoms with E-state index in [-0.39, 0.29) is 5.13 Å². The van der Waals surface area contributed by atoms with Gasteiger partial charge in [0.25, 0.3) is 0 Å². The zero-order chi connectivity index (χ0) is 12.6. The third-order valence-electron chi connectivity index (χ3n) is 1.67. The number of nitrogens with two attached hydrogens (primary N) is 1. The van der Waals surface area contributed by atoms with Crippen molar-refractivity contribution >= 4 is 26.7 Å². The molecule has 92 valence electrons. The molecule has 9 heteroatoms. The Morgan fingerprint density at radius 2 is 1.94 bits per heavy atom. The second-order valence-electron chi connectivity index (χ2n) is 4.02. The molecule has 0 spiro atoms. The smallest absolute Gasteiger partial charge is 0.302 e. The average Bonchev–Trinajstić information content (AvgIpc) is 2.50. The molecule has 1 heterocycles. The zero-order valence-corrected chi connectivity index (χ0v) is 11.2. The maximum absolute atomic E-state index is 11.5. The summed E-state index contributed by atoms with van der Waals surface area (Å²) in [6.07, 6.45) is 0. The number of rotatable bonds is 4. The molecule has 0 saturated heterocycles. The van der Waals surface area contributed by atoms with Gasteiger partial charge in [0.05, 0.1) is 5.54 Å². The first-order chi connectivity index (χ1) is 7.13. The third-order valence-corrected chi connectivity index (χ3v) is 4.39. The molecule has 0 aliphatic carbocycles. The fourth-order valence-corrected chi connectivity index (χ4v) is 2.26. The van der Waals surface area contributed by atoms with E-state index in [0.29, 0.717) is 5.01 Å². The molecule has 0 unspecified atom stereocenters. The van der Waals surface area contributed by atoms with Gasteiger partial charge >= 0.3 is 10.2 Å². The van der Waals surface area contributed by atoms with Crippen LogP contribution >= 0.6 is 11.3 Å². The standard InChI is InChI=1S/C7H15N5O2S2/c1-7(2,8)5-9-10-6(15-5)11-16(13,14)12(3)4/h8H2,1-4H3,(H,10,11). The van der Waals surface area contributed by atoms with Crippen LogP contribution < -0.4 is 10.5 Å². The van der Waals surface area contributed by atoms with Crippen LogP contribution in [0.1, 0.15) is 18.9 Å². The van der Waals surface area contributed by atoms with Crippen molar-refractivity contribution in [3.05, 3.63) is 5.01 Å². The van der Waals surface area contributed by atoms with E-state index < -0.39 is 15.7 Å². The van der Waals surface area contributed by atoms with Crippen molar-refractivity contribution in [2.45, 2.75) is 19.4 Å². The SMILES string of the molecule is CN(C)S(=O)(=O)Nc1nnc(C(C)(C)N)s1. The highest BCUT2D eigenvalue weighted by atomic mass is 32.2. The molecule has 0 amide bonds. The fourth-order valence-electron chi connectivity index (χ4n) is 0.726. The first-order valence-corrected chi connectivity index (χ1v) is 6.72. The summed E-state index contributed by atoms with van der Waals surface area (Å²) < 4.78 is 26.3. The Kier molecular flexibility index (Phi) is 3.53. The van der Waals surface area contributed by atoms with E-state index in [2.05, 4.69) is 14.9 Å². The largest absolute Gasteiger partial charge is 0.320 e. The van der Waals surface area contributed by atoms with Gasteiger partial charge in [-0.15, -0.1) is 10.2 Å². The molecule has 0 radical (unpaired) electrons. The number of nitrogens with one attached hydrogen (secondary N) is 1. The molecule has 1 aromatic rings. The zero-order valence-electron chi connectivity index (χ0n) is 9.55. The molecule has 0 aliphatic heterocycles. The highest BCUT2D eigenvalue weighted by molar-refractivity contribution is 7.90. The van der Waals surface area contributed by atoms with E-state index in [1.807, 2.05) is 0 Å². The molecular formula is C7H15N5O2S2. The molecule has 0 atom stereocenters. The van der Waals surface area contributed by atoms with Crippen LogP contribution in [0.5, 0.6) is 0 Å². The minimum absolute atomic E-state index is 0.210. The Morgan fingerprint density at radius 3 is 2.31 bits per heavy atom. The molecule has 0 aromatic carbocycles. The van der Waals surface area contributed by atoms with E-state index in [9.17, 15) is 8.42 Å². The van der Waals surface area contributed by atoms with Gasteiger partial charge < -0.3 is 5.73 Å². The van der Waals surface area contributed by atoms with Crippen LogP contribution in [-0.2, 0) is 15.7 Å². The minimum Gasteiger partial charge on any atom is -0.320 e. The van der Waals surface area contributed by atoms with Gasteiger partial charge in [0, 0.05) is 14.1 Å². The topological polar surface area (TPSA) is 101 Å². The number of anilines is 1. The van der Waals surface area contributed by atoms with Crippen molar-refractivity contribution in [2.75, 3.05) is 18.8 Å². The number of nitrogens with zero attached hydrogens (tertiary/aromatic N) is 3. The quantitative estimate of drug-likeness (QED) is 0.795. The van der Waals surface area contributed by atoms with Gasteiger partial charge in [-0.1, -0.05) is 11.3 Å². The molecule has 3 N–H and O–H groups in total. The lowest BCUT2D eigenvalue weighted by Gasteiger charge is -2.13. The molecule has 0 fully saturated rings. The summed E-state index contributed by atoms with van der Waals surface area (Å²) in [6.45, 7) is 3.55. The summed E-state index contributed by atoms with van der Waals surface area (Å²) in [5.41, 5.74) is 5.19. The maximum Gasteiger partial charge on any atom is 0.302 e. The maximum atomic E-state index is 11.5. The minimum atomic E-state index is -3.53. The molecule has 1 rings (SSSR count). The molecule has 7 nitrogen and oxygen atoms in total. The second kappa shape index (κ2) is 4.24. The van der Waals surface area contributed by atoms with E-state index >= 15 is 0 Å². The van der Waals surface area contributed by atoms with Crippen LogP contribution in [0.3, 0.4) is 0 Å². The van der Waals surface area contributed by atoms with Crippen LogP contribution in [0.25, 0.3) is 0 Å². The van der Waals surface area contributed by atoms with Gasteiger partial charge in [-0.25, -0.2) is 4.72 Å². The summed E-state index contributed by atoms with van der Waals surface area (Å²) in [5, 5.41) is 8.33. The van der Waals surface area contributed by atoms with Crippen molar-refractivity contribution in [3.8, 4) is 0 Å². The molecule has 1 aromatic heterocycles. The number of hydrogen-bond acceptors (Lipinski definition) is 6. The van der Waals surface area contributed by atoms with E-state index in [4.69, 9.17) is 5.73 Å². The van der Waals surface area contributed by atoms with Gasteiger partial charge in [0.1, 0.15) is 5.01 Å². The predicted octanol–water partition coefficient (Wildman–Crippen LogP) is -0.0498.